The fraction of sp³-hybridized carbons (Fsp3) is 0.538. The van der Waals surface area contributed by atoms with Crippen LogP contribution < -0.4 is 0 Å². The van der Waals surface area contributed by atoms with E-state index in [2.05, 4.69) is 47.7 Å². The van der Waals surface area contributed by atoms with Gasteiger partial charge in [-0.25, -0.2) is 0 Å². The molecule has 0 saturated heterocycles. The lowest BCUT2D eigenvalue weighted by atomic mass is 10.1. The molecule has 90 valence electrons. The fourth-order valence-electron chi connectivity index (χ4n) is 1.71. The first-order valence-electron chi connectivity index (χ1n) is 5.76. The minimum absolute atomic E-state index is 0.602. The summed E-state index contributed by atoms with van der Waals surface area (Å²) in [7, 11) is 0. The summed E-state index contributed by atoms with van der Waals surface area (Å²) in [5.41, 5.74) is 1.20. The molecule has 1 aromatic rings. The minimum atomic E-state index is 0.602. The maximum absolute atomic E-state index is 6.22. The molecule has 16 heavy (non-hydrogen) atoms. The van der Waals surface area contributed by atoms with Crippen LogP contribution in [-0.4, -0.2) is 17.5 Å². The van der Waals surface area contributed by atoms with Crippen LogP contribution in [-0.2, 0) is 6.54 Å². The maximum Gasteiger partial charge on any atom is 0.0462 e. The highest BCUT2D eigenvalue weighted by atomic mass is 79.9. The Kier molecular flexibility index (Phi) is 5.81. The number of hydrogen-bond donors (Lipinski definition) is 0. The van der Waals surface area contributed by atoms with Crippen LogP contribution in [0.4, 0.5) is 0 Å². The van der Waals surface area contributed by atoms with Crippen LogP contribution in [0.3, 0.4) is 0 Å². The first-order chi connectivity index (χ1) is 7.58. The van der Waals surface area contributed by atoms with Crippen LogP contribution in [0.25, 0.3) is 0 Å². The lowest BCUT2D eigenvalue weighted by molar-refractivity contribution is 0.206. The Balaban J connectivity index is 2.78. The van der Waals surface area contributed by atoms with Crippen molar-refractivity contribution in [1.82, 2.24) is 4.90 Å². The maximum atomic E-state index is 6.22. The third kappa shape index (κ3) is 3.76. The van der Waals surface area contributed by atoms with Gasteiger partial charge in [0.05, 0.1) is 0 Å². The van der Waals surface area contributed by atoms with Gasteiger partial charge in [-0.3, -0.25) is 4.90 Å². The van der Waals surface area contributed by atoms with Gasteiger partial charge in [0.15, 0.2) is 0 Å². The van der Waals surface area contributed by atoms with Crippen LogP contribution in [0.1, 0.15) is 32.8 Å². The van der Waals surface area contributed by atoms with Crippen molar-refractivity contribution in [3.63, 3.8) is 0 Å². The molecule has 0 heterocycles. The highest BCUT2D eigenvalue weighted by molar-refractivity contribution is 9.10. The Labute approximate surface area is 112 Å². The van der Waals surface area contributed by atoms with Gasteiger partial charge >= 0.3 is 0 Å². The molecular formula is C13H19BrClN. The van der Waals surface area contributed by atoms with E-state index in [1.807, 2.05) is 12.1 Å². The van der Waals surface area contributed by atoms with Gasteiger partial charge in [0, 0.05) is 22.1 Å². The molecule has 1 atom stereocenters. The Hall–Kier alpha value is -0.0500. The normalized spacial score (nSPS) is 13.1. The predicted molar refractivity (Wildman–Crippen MR) is 75.0 cm³/mol. The molecule has 0 N–H and O–H groups in total. The Morgan fingerprint density at radius 1 is 1.38 bits per heavy atom. The second-order valence-corrected chi connectivity index (χ2v) is 5.38. The van der Waals surface area contributed by atoms with Gasteiger partial charge in [0.2, 0.25) is 0 Å². The molecule has 0 bridgehead atoms. The molecule has 0 saturated carbocycles. The van der Waals surface area contributed by atoms with E-state index in [1.54, 1.807) is 0 Å². The van der Waals surface area contributed by atoms with Crippen LogP contribution in [0.15, 0.2) is 22.7 Å². The van der Waals surface area contributed by atoms with E-state index in [0.717, 1.165) is 22.6 Å². The first-order valence-corrected chi connectivity index (χ1v) is 6.93. The van der Waals surface area contributed by atoms with Gasteiger partial charge in [0.25, 0.3) is 0 Å². The van der Waals surface area contributed by atoms with E-state index < -0.39 is 0 Å². The number of halogens is 2. The second-order valence-electron chi connectivity index (χ2n) is 4.06. The summed E-state index contributed by atoms with van der Waals surface area (Å²) in [6, 6.07) is 6.70. The summed E-state index contributed by atoms with van der Waals surface area (Å²) in [5, 5.41) is 0.844. The largest absolute Gasteiger partial charge is 0.297 e. The summed E-state index contributed by atoms with van der Waals surface area (Å²) in [6.45, 7) is 8.66. The lowest BCUT2D eigenvalue weighted by Crippen LogP contribution is -2.31. The Morgan fingerprint density at radius 2 is 2.06 bits per heavy atom. The first kappa shape index (κ1) is 14.0. The predicted octanol–water partition coefficient (Wildman–Crippen LogP) is 4.72. The fourth-order valence-corrected chi connectivity index (χ4v) is 2.44. The van der Waals surface area contributed by atoms with Crippen LogP contribution in [0.5, 0.6) is 0 Å². The Bertz CT molecular complexity index is 341. The summed E-state index contributed by atoms with van der Waals surface area (Å²) in [5.74, 6) is 0. The van der Waals surface area contributed by atoms with E-state index in [4.69, 9.17) is 11.6 Å². The summed E-state index contributed by atoms with van der Waals surface area (Å²) >= 11 is 9.65. The number of nitrogens with zero attached hydrogens (tertiary/aromatic N) is 1. The van der Waals surface area contributed by atoms with Gasteiger partial charge in [0.1, 0.15) is 0 Å². The molecule has 1 aromatic carbocycles. The molecule has 0 aliphatic rings. The van der Waals surface area contributed by atoms with Crippen molar-refractivity contribution in [2.45, 2.75) is 39.8 Å². The molecule has 0 spiro atoms. The standard InChI is InChI=1S/C13H19BrClN/c1-4-10(3)16(5-2)9-11-6-7-12(14)8-13(11)15/h6-8,10H,4-5,9H2,1-3H3. The van der Waals surface area contributed by atoms with Crippen LogP contribution in [0.2, 0.25) is 5.02 Å². The average molecular weight is 305 g/mol. The molecule has 0 amide bonds. The van der Waals surface area contributed by atoms with Crippen molar-refractivity contribution in [2.75, 3.05) is 6.54 Å². The smallest absolute Gasteiger partial charge is 0.0462 e. The molecule has 0 aliphatic heterocycles. The zero-order chi connectivity index (χ0) is 12.1. The molecule has 0 fully saturated rings. The molecule has 3 heteroatoms. The van der Waals surface area contributed by atoms with E-state index in [0.29, 0.717) is 6.04 Å². The van der Waals surface area contributed by atoms with E-state index in [-0.39, 0.29) is 0 Å². The summed E-state index contributed by atoms with van der Waals surface area (Å²) in [4.78, 5) is 2.44. The number of rotatable bonds is 5. The second kappa shape index (κ2) is 6.63. The van der Waals surface area contributed by atoms with Crippen molar-refractivity contribution in [2.24, 2.45) is 0 Å². The van der Waals surface area contributed by atoms with Gasteiger partial charge in [-0.15, -0.1) is 0 Å². The highest BCUT2D eigenvalue weighted by Gasteiger charge is 2.12. The molecule has 1 rings (SSSR count). The van der Waals surface area contributed by atoms with E-state index in [1.165, 1.54) is 12.0 Å². The lowest BCUT2D eigenvalue weighted by Gasteiger charge is -2.27. The summed E-state index contributed by atoms with van der Waals surface area (Å²) < 4.78 is 1.04. The third-order valence-corrected chi connectivity index (χ3v) is 3.85. The van der Waals surface area contributed by atoms with Crippen LogP contribution in [0, 0.1) is 0 Å². The molecule has 1 unspecified atom stereocenters. The minimum Gasteiger partial charge on any atom is -0.297 e. The van der Waals surface area contributed by atoms with Gasteiger partial charge < -0.3 is 0 Å². The van der Waals surface area contributed by atoms with Crippen molar-refractivity contribution in [1.29, 1.82) is 0 Å². The molecule has 1 nitrogen and oxygen atoms in total. The van der Waals surface area contributed by atoms with Crippen molar-refractivity contribution >= 4 is 27.5 Å². The third-order valence-electron chi connectivity index (χ3n) is 3.01. The number of hydrogen-bond acceptors (Lipinski definition) is 1. The molecule has 0 aromatic heterocycles. The Morgan fingerprint density at radius 3 is 2.56 bits per heavy atom. The molecule has 0 radical (unpaired) electrons. The zero-order valence-corrected chi connectivity index (χ0v) is 12.5. The highest BCUT2D eigenvalue weighted by Crippen LogP contribution is 2.23. The molecular weight excluding hydrogens is 286 g/mol. The van der Waals surface area contributed by atoms with E-state index in [9.17, 15) is 0 Å². The zero-order valence-electron chi connectivity index (χ0n) is 10.1. The number of benzene rings is 1. The monoisotopic (exact) mass is 303 g/mol. The van der Waals surface area contributed by atoms with Crippen LogP contribution >= 0.6 is 27.5 Å². The van der Waals surface area contributed by atoms with Gasteiger partial charge in [-0.05, 0) is 37.6 Å². The van der Waals surface area contributed by atoms with Crippen molar-refractivity contribution in [3.8, 4) is 0 Å². The average Bonchev–Trinajstić information content (AvgIpc) is 2.27. The van der Waals surface area contributed by atoms with Gasteiger partial charge in [-0.1, -0.05) is 47.4 Å². The van der Waals surface area contributed by atoms with E-state index >= 15 is 0 Å². The quantitative estimate of drug-likeness (QED) is 0.760. The SMILES string of the molecule is CCC(C)N(CC)Cc1ccc(Br)cc1Cl. The summed E-state index contributed by atoms with van der Waals surface area (Å²) in [6.07, 6.45) is 1.17. The topological polar surface area (TPSA) is 3.24 Å². The van der Waals surface area contributed by atoms with Crippen molar-refractivity contribution in [3.05, 3.63) is 33.3 Å². The van der Waals surface area contributed by atoms with Crippen molar-refractivity contribution < 1.29 is 0 Å². The molecule has 0 aliphatic carbocycles. The van der Waals surface area contributed by atoms with Gasteiger partial charge in [-0.2, -0.15) is 0 Å².